The second-order valence-corrected chi connectivity index (χ2v) is 4.92. The first kappa shape index (κ1) is 11.6. The van der Waals surface area contributed by atoms with Gasteiger partial charge in [0.25, 0.3) is 0 Å². The Hall–Kier alpha value is -2.45. The summed E-state index contributed by atoms with van der Waals surface area (Å²) in [7, 11) is 0. The van der Waals surface area contributed by atoms with Crippen LogP contribution >= 0.6 is 11.3 Å². The zero-order valence-corrected chi connectivity index (χ0v) is 10.8. The maximum atomic E-state index is 8.65. The number of aromatic nitrogens is 3. The summed E-state index contributed by atoms with van der Waals surface area (Å²) in [4.78, 5) is 11.7. The van der Waals surface area contributed by atoms with E-state index < -0.39 is 0 Å². The molecule has 0 atom stereocenters. The highest BCUT2D eigenvalue weighted by atomic mass is 32.1. The third-order valence-electron chi connectivity index (χ3n) is 2.73. The smallest absolute Gasteiger partial charge is 0.137 e. The van der Waals surface area contributed by atoms with E-state index in [0.717, 1.165) is 27.7 Å². The maximum absolute atomic E-state index is 8.65. The fourth-order valence-electron chi connectivity index (χ4n) is 1.81. The summed E-state index contributed by atoms with van der Waals surface area (Å²) in [6, 6.07) is 10.2. The first-order valence-corrected chi connectivity index (χ1v) is 6.66. The molecule has 0 saturated heterocycles. The molecule has 0 aliphatic rings. The van der Waals surface area contributed by atoms with Crippen LogP contribution in [0, 0.1) is 11.3 Å². The molecule has 0 radical (unpaired) electrons. The Labute approximate surface area is 114 Å². The lowest BCUT2D eigenvalue weighted by molar-refractivity contribution is 1.19. The van der Waals surface area contributed by atoms with E-state index in [9.17, 15) is 0 Å². The van der Waals surface area contributed by atoms with Gasteiger partial charge in [-0.3, -0.25) is 0 Å². The summed E-state index contributed by atoms with van der Waals surface area (Å²) in [5, 5.41) is 11.5. The topological polar surface area (TPSA) is 65.4 Å². The lowest BCUT2D eigenvalue weighted by Crippen LogP contribution is -1.83. The number of nitrogens with one attached hydrogen (secondary N) is 1. The number of benzene rings is 1. The lowest BCUT2D eigenvalue weighted by Gasteiger charge is -1.99. The summed E-state index contributed by atoms with van der Waals surface area (Å²) in [6.45, 7) is 0. The molecule has 0 saturated carbocycles. The Kier molecular flexibility index (Phi) is 3.09. The van der Waals surface area contributed by atoms with Crippen molar-refractivity contribution in [1.82, 2.24) is 15.0 Å². The zero-order chi connectivity index (χ0) is 13.1. The number of nitriles is 1. The SMILES string of the molecule is N#CCc1nc(-c2ccc(-c3ncc[nH]3)cc2)cs1. The molecule has 19 heavy (non-hydrogen) atoms. The molecule has 0 aliphatic carbocycles. The molecule has 3 aromatic rings. The largest absolute Gasteiger partial charge is 0.345 e. The van der Waals surface area contributed by atoms with E-state index in [1.54, 1.807) is 12.4 Å². The minimum atomic E-state index is 0.370. The van der Waals surface area contributed by atoms with Crippen LogP contribution in [0.2, 0.25) is 0 Å². The fraction of sp³-hybridized carbons (Fsp3) is 0.0714. The number of rotatable bonds is 3. The zero-order valence-electron chi connectivity index (χ0n) is 10.00. The van der Waals surface area contributed by atoms with Crippen LogP contribution < -0.4 is 0 Å². The molecule has 92 valence electrons. The second kappa shape index (κ2) is 5.04. The van der Waals surface area contributed by atoms with Gasteiger partial charge < -0.3 is 4.98 Å². The number of hydrogen-bond acceptors (Lipinski definition) is 4. The van der Waals surface area contributed by atoms with Crippen LogP contribution in [0.25, 0.3) is 22.6 Å². The van der Waals surface area contributed by atoms with Gasteiger partial charge in [-0.05, 0) is 0 Å². The minimum Gasteiger partial charge on any atom is -0.345 e. The molecule has 0 fully saturated rings. The van der Waals surface area contributed by atoms with E-state index in [4.69, 9.17) is 5.26 Å². The Balaban J connectivity index is 1.88. The standard InChI is InChI=1S/C14H10N4S/c15-6-5-13-18-12(9-19-13)10-1-3-11(4-2-10)14-16-7-8-17-14/h1-4,7-9H,5H2,(H,16,17). The van der Waals surface area contributed by atoms with Gasteiger partial charge in [0.15, 0.2) is 0 Å². The van der Waals surface area contributed by atoms with E-state index in [0.29, 0.717) is 6.42 Å². The van der Waals surface area contributed by atoms with Crippen molar-refractivity contribution >= 4 is 11.3 Å². The average Bonchev–Trinajstić information content (AvgIpc) is 3.10. The average molecular weight is 266 g/mol. The van der Waals surface area contributed by atoms with Gasteiger partial charge in [0.2, 0.25) is 0 Å². The molecule has 0 spiro atoms. The van der Waals surface area contributed by atoms with Crippen molar-refractivity contribution in [2.45, 2.75) is 6.42 Å². The van der Waals surface area contributed by atoms with Crippen LogP contribution in [0.3, 0.4) is 0 Å². The molecule has 0 unspecified atom stereocenters. The number of nitrogens with zero attached hydrogens (tertiary/aromatic N) is 3. The predicted molar refractivity (Wildman–Crippen MR) is 74.4 cm³/mol. The highest BCUT2D eigenvalue weighted by Gasteiger charge is 2.05. The Morgan fingerprint density at radius 1 is 1.21 bits per heavy atom. The first-order chi connectivity index (χ1) is 9.36. The van der Waals surface area contributed by atoms with Gasteiger partial charge in [-0.25, -0.2) is 9.97 Å². The summed E-state index contributed by atoms with van der Waals surface area (Å²) in [5.74, 6) is 0.856. The van der Waals surface area contributed by atoms with Crippen LogP contribution in [-0.4, -0.2) is 15.0 Å². The van der Waals surface area contributed by atoms with Gasteiger partial charge in [0, 0.05) is 28.9 Å². The predicted octanol–water partition coefficient (Wildman–Crippen LogP) is 3.27. The molecule has 3 rings (SSSR count). The van der Waals surface area contributed by atoms with Crippen molar-refractivity contribution in [3.8, 4) is 28.7 Å². The van der Waals surface area contributed by atoms with Crippen LogP contribution in [0.15, 0.2) is 42.0 Å². The normalized spacial score (nSPS) is 10.3. The summed E-state index contributed by atoms with van der Waals surface area (Å²) in [5.41, 5.74) is 3.01. The molecular weight excluding hydrogens is 256 g/mol. The number of H-pyrrole nitrogens is 1. The Morgan fingerprint density at radius 2 is 2.00 bits per heavy atom. The molecular formula is C14H10N4S. The molecule has 2 heterocycles. The summed E-state index contributed by atoms with van der Waals surface area (Å²) >= 11 is 1.52. The summed E-state index contributed by atoms with van der Waals surface area (Å²) < 4.78 is 0. The summed E-state index contributed by atoms with van der Waals surface area (Å²) in [6.07, 6.45) is 3.91. The van der Waals surface area contributed by atoms with Gasteiger partial charge in [-0.15, -0.1) is 11.3 Å². The molecule has 1 aromatic carbocycles. The highest BCUT2D eigenvalue weighted by Crippen LogP contribution is 2.24. The number of hydrogen-bond donors (Lipinski definition) is 1. The van der Waals surface area contributed by atoms with Crippen LogP contribution in [0.5, 0.6) is 0 Å². The number of thiazole rings is 1. The third kappa shape index (κ3) is 2.39. The highest BCUT2D eigenvalue weighted by molar-refractivity contribution is 7.10. The maximum Gasteiger partial charge on any atom is 0.137 e. The number of aromatic amines is 1. The van der Waals surface area contributed by atoms with Gasteiger partial charge >= 0.3 is 0 Å². The molecule has 2 aromatic heterocycles. The van der Waals surface area contributed by atoms with Gasteiger partial charge in [0.1, 0.15) is 10.8 Å². The van der Waals surface area contributed by atoms with E-state index in [-0.39, 0.29) is 0 Å². The van der Waals surface area contributed by atoms with Crippen LogP contribution in [0.4, 0.5) is 0 Å². The number of imidazole rings is 1. The van der Waals surface area contributed by atoms with Crippen LogP contribution in [-0.2, 0) is 6.42 Å². The van der Waals surface area contributed by atoms with Gasteiger partial charge in [0.05, 0.1) is 18.2 Å². The van der Waals surface area contributed by atoms with Gasteiger partial charge in [-0.1, -0.05) is 24.3 Å². The quantitative estimate of drug-likeness (QED) is 0.791. The molecule has 1 N–H and O–H groups in total. The van der Waals surface area contributed by atoms with Crippen molar-refractivity contribution in [3.05, 3.63) is 47.0 Å². The molecule has 0 bridgehead atoms. The monoisotopic (exact) mass is 266 g/mol. The van der Waals surface area contributed by atoms with E-state index >= 15 is 0 Å². The van der Waals surface area contributed by atoms with E-state index in [1.165, 1.54) is 11.3 Å². The van der Waals surface area contributed by atoms with E-state index in [2.05, 4.69) is 21.0 Å². The fourth-order valence-corrected chi connectivity index (χ4v) is 2.55. The minimum absolute atomic E-state index is 0.370. The lowest BCUT2D eigenvalue weighted by atomic mass is 10.1. The Bertz CT molecular complexity index is 705. The van der Waals surface area contributed by atoms with Crippen molar-refractivity contribution in [2.24, 2.45) is 0 Å². The van der Waals surface area contributed by atoms with Crippen molar-refractivity contribution < 1.29 is 0 Å². The van der Waals surface area contributed by atoms with Crippen molar-refractivity contribution in [2.75, 3.05) is 0 Å². The van der Waals surface area contributed by atoms with E-state index in [1.807, 2.05) is 29.6 Å². The third-order valence-corrected chi connectivity index (χ3v) is 3.58. The first-order valence-electron chi connectivity index (χ1n) is 5.78. The molecule has 0 amide bonds. The van der Waals surface area contributed by atoms with Crippen molar-refractivity contribution in [1.29, 1.82) is 5.26 Å². The Morgan fingerprint density at radius 3 is 2.68 bits per heavy atom. The molecule has 4 nitrogen and oxygen atoms in total. The van der Waals surface area contributed by atoms with Crippen LogP contribution in [0.1, 0.15) is 5.01 Å². The van der Waals surface area contributed by atoms with Gasteiger partial charge in [-0.2, -0.15) is 5.26 Å². The molecule has 5 heteroatoms. The second-order valence-electron chi connectivity index (χ2n) is 3.98. The van der Waals surface area contributed by atoms with Crippen molar-refractivity contribution in [3.63, 3.8) is 0 Å². The molecule has 0 aliphatic heterocycles.